The fraction of sp³-hybridized carbons (Fsp3) is 0.600. The van der Waals surface area contributed by atoms with Gasteiger partial charge in [-0.05, 0) is 18.4 Å². The maximum Gasteiger partial charge on any atom is 0.102 e. The van der Waals surface area contributed by atoms with E-state index < -0.39 is 0 Å². The van der Waals surface area contributed by atoms with Crippen LogP contribution in [0.5, 0.6) is 0 Å². The maximum atomic E-state index is 4.28. The van der Waals surface area contributed by atoms with Crippen LogP contribution < -0.4 is 0 Å². The lowest BCUT2D eigenvalue weighted by Gasteiger charge is -2.34. The van der Waals surface area contributed by atoms with Gasteiger partial charge in [0.05, 0.1) is 0 Å². The van der Waals surface area contributed by atoms with Gasteiger partial charge >= 0.3 is 0 Å². The molecule has 0 fully saturated rings. The smallest absolute Gasteiger partial charge is 0.102 e. The molecule has 1 aliphatic rings. The van der Waals surface area contributed by atoms with Gasteiger partial charge in [-0.25, -0.2) is 0 Å². The summed E-state index contributed by atoms with van der Waals surface area (Å²) in [5.41, 5.74) is -0.0739. The van der Waals surface area contributed by atoms with Crippen LogP contribution in [0.15, 0.2) is 34.7 Å². The first-order chi connectivity index (χ1) is 5.46. The van der Waals surface area contributed by atoms with Gasteiger partial charge in [0.2, 0.25) is 0 Å². The summed E-state index contributed by atoms with van der Waals surface area (Å²) in [6, 6.07) is 0. The van der Waals surface area contributed by atoms with Crippen LogP contribution in [0.2, 0.25) is 0 Å². The van der Waals surface area contributed by atoms with E-state index in [1.54, 1.807) is 6.20 Å². The first kappa shape index (κ1) is 9.17. The van der Waals surface area contributed by atoms with E-state index in [1.807, 2.05) is 12.2 Å². The normalized spacial score (nSPS) is 29.0. The van der Waals surface area contributed by atoms with Crippen molar-refractivity contribution >= 4 is 0 Å². The molecule has 66 valence electrons. The van der Waals surface area contributed by atoms with E-state index in [4.69, 9.17) is 0 Å². The molecule has 12 heavy (non-hydrogen) atoms. The zero-order valence-electron chi connectivity index (χ0n) is 8.20. The third-order valence-corrected chi connectivity index (χ3v) is 2.47. The molecule has 1 aliphatic heterocycles. The first-order valence-corrected chi connectivity index (χ1v) is 4.22. The first-order valence-electron chi connectivity index (χ1n) is 4.22. The largest absolute Gasteiger partial charge is 0.178 e. The molecule has 0 aliphatic carbocycles. The minimum Gasteiger partial charge on any atom is -0.178 e. The molecular weight excluding hydrogens is 148 g/mol. The molecule has 0 spiro atoms. The van der Waals surface area contributed by atoms with Crippen LogP contribution in [0.3, 0.4) is 0 Å². The Kier molecular flexibility index (Phi) is 2.18. The zero-order chi connectivity index (χ0) is 9.24. The monoisotopic (exact) mass is 164 g/mol. The Labute approximate surface area is 74.1 Å². The van der Waals surface area contributed by atoms with Gasteiger partial charge in [-0.2, -0.15) is 10.2 Å². The summed E-state index contributed by atoms with van der Waals surface area (Å²) >= 11 is 0. The van der Waals surface area contributed by atoms with Crippen LogP contribution in [0, 0.1) is 5.41 Å². The summed E-state index contributed by atoms with van der Waals surface area (Å²) in [7, 11) is 0. The fourth-order valence-electron chi connectivity index (χ4n) is 0.918. The van der Waals surface area contributed by atoms with Gasteiger partial charge in [0.1, 0.15) is 5.54 Å². The topological polar surface area (TPSA) is 24.7 Å². The van der Waals surface area contributed by atoms with Crippen molar-refractivity contribution in [2.75, 3.05) is 0 Å². The molecule has 0 radical (unpaired) electrons. The molecule has 0 saturated carbocycles. The summed E-state index contributed by atoms with van der Waals surface area (Å²) in [4.78, 5) is 0. The van der Waals surface area contributed by atoms with Crippen molar-refractivity contribution in [3.05, 3.63) is 24.4 Å². The molecule has 1 unspecified atom stereocenters. The second kappa shape index (κ2) is 2.85. The lowest BCUT2D eigenvalue weighted by atomic mass is 9.75. The van der Waals surface area contributed by atoms with Crippen molar-refractivity contribution in [2.24, 2.45) is 15.6 Å². The van der Waals surface area contributed by atoms with Crippen molar-refractivity contribution in [1.82, 2.24) is 0 Å². The Morgan fingerprint density at radius 2 is 1.83 bits per heavy atom. The van der Waals surface area contributed by atoms with E-state index in [9.17, 15) is 0 Å². The second-order valence-corrected chi connectivity index (χ2v) is 4.31. The molecule has 1 rings (SSSR count). The van der Waals surface area contributed by atoms with Gasteiger partial charge in [-0.3, -0.25) is 0 Å². The number of hydrogen-bond donors (Lipinski definition) is 0. The second-order valence-electron chi connectivity index (χ2n) is 4.31. The predicted octanol–water partition coefficient (Wildman–Crippen LogP) is 3.33. The number of rotatable bonds is 0. The fourth-order valence-corrected chi connectivity index (χ4v) is 0.918. The average molecular weight is 164 g/mol. The van der Waals surface area contributed by atoms with Gasteiger partial charge in [0, 0.05) is 6.20 Å². The summed E-state index contributed by atoms with van der Waals surface area (Å²) in [5.74, 6) is 0. The van der Waals surface area contributed by atoms with Crippen LogP contribution in [0.4, 0.5) is 0 Å². The minimum atomic E-state index is -0.184. The summed E-state index contributed by atoms with van der Waals surface area (Å²) in [5, 5.41) is 8.25. The molecular formula is C10H16N2. The molecule has 0 aromatic heterocycles. The van der Waals surface area contributed by atoms with Crippen LogP contribution in [-0.2, 0) is 0 Å². The number of hydrogen-bond acceptors (Lipinski definition) is 2. The Morgan fingerprint density at radius 1 is 1.17 bits per heavy atom. The molecule has 0 N–H and O–H groups in total. The van der Waals surface area contributed by atoms with E-state index in [0.29, 0.717) is 0 Å². The number of allylic oxidation sites excluding steroid dienone is 2. The summed E-state index contributed by atoms with van der Waals surface area (Å²) < 4.78 is 0. The van der Waals surface area contributed by atoms with E-state index in [2.05, 4.69) is 44.0 Å². The predicted molar refractivity (Wildman–Crippen MR) is 51.0 cm³/mol. The average Bonchev–Trinajstić information content (AvgIpc) is 2.12. The summed E-state index contributed by atoms with van der Waals surface area (Å²) in [6.45, 7) is 8.60. The SMILES string of the molecule is CC(C)(C)C1(C)C=CC=CN=N1. The Balaban J connectivity index is 2.99. The van der Waals surface area contributed by atoms with Gasteiger partial charge in [0.25, 0.3) is 0 Å². The molecule has 0 saturated heterocycles. The molecule has 0 aromatic rings. The van der Waals surface area contributed by atoms with Gasteiger partial charge in [-0.15, -0.1) is 0 Å². The van der Waals surface area contributed by atoms with Gasteiger partial charge in [-0.1, -0.05) is 32.9 Å². The van der Waals surface area contributed by atoms with Crippen molar-refractivity contribution in [3.63, 3.8) is 0 Å². The molecule has 2 heteroatoms. The van der Waals surface area contributed by atoms with Crippen LogP contribution in [0.1, 0.15) is 27.7 Å². The van der Waals surface area contributed by atoms with Crippen LogP contribution in [0.25, 0.3) is 0 Å². The molecule has 0 bridgehead atoms. The quantitative estimate of drug-likeness (QED) is 0.524. The van der Waals surface area contributed by atoms with E-state index in [-0.39, 0.29) is 11.0 Å². The van der Waals surface area contributed by atoms with Crippen molar-refractivity contribution in [1.29, 1.82) is 0 Å². The van der Waals surface area contributed by atoms with Crippen molar-refractivity contribution < 1.29 is 0 Å². The number of azo groups is 1. The third-order valence-electron chi connectivity index (χ3n) is 2.47. The molecule has 1 heterocycles. The van der Waals surface area contributed by atoms with E-state index in [0.717, 1.165) is 0 Å². The molecule has 1 atom stereocenters. The standard InChI is InChI=1S/C10H16N2/c1-9(2,3)10(4)7-5-6-8-11-12-10/h5-8H,1-4H3. The van der Waals surface area contributed by atoms with Crippen LogP contribution in [-0.4, -0.2) is 5.54 Å². The van der Waals surface area contributed by atoms with Crippen molar-refractivity contribution in [2.45, 2.75) is 33.2 Å². The zero-order valence-corrected chi connectivity index (χ0v) is 8.20. The number of nitrogens with zero attached hydrogens (tertiary/aromatic N) is 2. The summed E-state index contributed by atoms with van der Waals surface area (Å²) in [6.07, 6.45) is 7.72. The Morgan fingerprint density at radius 3 is 2.42 bits per heavy atom. The molecule has 2 nitrogen and oxygen atoms in total. The highest BCUT2D eigenvalue weighted by Gasteiger charge is 2.35. The molecule has 0 aromatic carbocycles. The highest BCUT2D eigenvalue weighted by molar-refractivity contribution is 5.17. The Hall–Kier alpha value is -0.920. The lowest BCUT2D eigenvalue weighted by Crippen LogP contribution is -2.35. The van der Waals surface area contributed by atoms with Crippen LogP contribution >= 0.6 is 0 Å². The highest BCUT2D eigenvalue weighted by Crippen LogP contribution is 2.35. The van der Waals surface area contributed by atoms with Crippen molar-refractivity contribution in [3.8, 4) is 0 Å². The lowest BCUT2D eigenvalue weighted by molar-refractivity contribution is 0.256. The highest BCUT2D eigenvalue weighted by atomic mass is 15.1. The van der Waals surface area contributed by atoms with Gasteiger partial charge in [0.15, 0.2) is 0 Å². The molecule has 0 amide bonds. The van der Waals surface area contributed by atoms with Gasteiger partial charge < -0.3 is 0 Å². The Bertz CT molecular complexity index is 225. The maximum absolute atomic E-state index is 4.28. The van der Waals surface area contributed by atoms with E-state index >= 15 is 0 Å². The minimum absolute atomic E-state index is 0.110. The van der Waals surface area contributed by atoms with E-state index in [1.165, 1.54) is 0 Å². The third kappa shape index (κ3) is 1.63.